The summed E-state index contributed by atoms with van der Waals surface area (Å²) in [7, 11) is 0. The molecule has 0 aliphatic carbocycles. The van der Waals surface area contributed by atoms with E-state index in [1.807, 2.05) is 11.8 Å². The second-order valence-corrected chi connectivity index (χ2v) is 6.17. The van der Waals surface area contributed by atoms with Crippen molar-refractivity contribution in [2.75, 3.05) is 12.8 Å². The third-order valence-electron chi connectivity index (χ3n) is 3.39. The van der Waals surface area contributed by atoms with Crippen LogP contribution in [0.2, 0.25) is 0 Å². The highest BCUT2D eigenvalue weighted by atomic mass is 32.2. The van der Waals surface area contributed by atoms with E-state index in [1.165, 1.54) is 31.2 Å². The second-order valence-electron chi connectivity index (χ2n) is 4.89. The van der Waals surface area contributed by atoms with E-state index in [0.29, 0.717) is 6.04 Å². The average Bonchev–Trinajstić information content (AvgIpc) is 2.43. The maximum Gasteiger partial charge on any atom is 0.0320 e. The fourth-order valence-corrected chi connectivity index (χ4v) is 2.41. The highest BCUT2D eigenvalue weighted by Crippen LogP contribution is 2.19. The number of unbranched alkanes of at least 4 members (excludes halogenated alkanes) is 1. The summed E-state index contributed by atoms with van der Waals surface area (Å²) in [6.45, 7) is 5.68. The van der Waals surface area contributed by atoms with Gasteiger partial charge in [-0.1, -0.05) is 57.0 Å². The van der Waals surface area contributed by atoms with Crippen LogP contribution in [0.3, 0.4) is 0 Å². The van der Waals surface area contributed by atoms with Crippen molar-refractivity contribution in [3.8, 4) is 0 Å². The van der Waals surface area contributed by atoms with Crippen molar-refractivity contribution >= 4 is 11.8 Å². The van der Waals surface area contributed by atoms with Gasteiger partial charge in [-0.05, 0) is 31.2 Å². The van der Waals surface area contributed by atoms with Crippen LogP contribution in [0.4, 0.5) is 0 Å². The van der Waals surface area contributed by atoms with E-state index in [2.05, 4.69) is 55.8 Å². The Morgan fingerprint density at radius 3 is 2.50 bits per heavy atom. The highest BCUT2D eigenvalue weighted by Gasteiger charge is 2.10. The van der Waals surface area contributed by atoms with Gasteiger partial charge in [-0.2, -0.15) is 11.8 Å². The van der Waals surface area contributed by atoms with E-state index >= 15 is 0 Å². The molecule has 1 aromatic carbocycles. The zero-order valence-electron chi connectivity index (χ0n) is 12.0. The Balaban J connectivity index is 2.46. The smallest absolute Gasteiger partial charge is 0.0320 e. The first-order valence-corrected chi connectivity index (χ1v) is 8.37. The van der Waals surface area contributed by atoms with E-state index in [9.17, 15) is 0 Å². The Morgan fingerprint density at radius 2 is 1.89 bits per heavy atom. The first-order valence-electron chi connectivity index (χ1n) is 7.09. The van der Waals surface area contributed by atoms with Crippen molar-refractivity contribution in [1.82, 2.24) is 5.32 Å². The molecule has 1 rings (SSSR count). The number of nitrogens with one attached hydrogen (secondary N) is 1. The van der Waals surface area contributed by atoms with Gasteiger partial charge in [-0.15, -0.1) is 0 Å². The molecule has 1 N–H and O–H groups in total. The summed E-state index contributed by atoms with van der Waals surface area (Å²) >= 11 is 1.95. The monoisotopic (exact) mass is 265 g/mol. The van der Waals surface area contributed by atoms with Crippen LogP contribution in [-0.4, -0.2) is 18.1 Å². The summed E-state index contributed by atoms with van der Waals surface area (Å²) in [6, 6.07) is 11.4. The summed E-state index contributed by atoms with van der Waals surface area (Å²) in [5, 5.41) is 4.47. The predicted molar refractivity (Wildman–Crippen MR) is 84.3 cm³/mol. The number of rotatable bonds is 9. The van der Waals surface area contributed by atoms with Crippen molar-refractivity contribution in [3.05, 3.63) is 35.9 Å². The van der Waals surface area contributed by atoms with Gasteiger partial charge in [0, 0.05) is 11.3 Å². The maximum atomic E-state index is 3.72. The van der Waals surface area contributed by atoms with Gasteiger partial charge in [0.1, 0.15) is 0 Å². The molecule has 0 spiro atoms. The number of thioether (sulfide) groups is 1. The predicted octanol–water partition coefficient (Wildman–Crippen LogP) is 4.65. The molecular formula is C16H27NS. The van der Waals surface area contributed by atoms with Crippen LogP contribution >= 0.6 is 11.8 Å². The van der Waals surface area contributed by atoms with Crippen LogP contribution in [0.1, 0.15) is 51.1 Å². The van der Waals surface area contributed by atoms with Crippen LogP contribution in [0.15, 0.2) is 30.3 Å². The topological polar surface area (TPSA) is 12.0 Å². The molecule has 0 aliphatic rings. The van der Waals surface area contributed by atoms with Crippen LogP contribution < -0.4 is 5.32 Å². The van der Waals surface area contributed by atoms with E-state index in [1.54, 1.807) is 0 Å². The number of hydrogen-bond acceptors (Lipinski definition) is 2. The molecule has 0 aliphatic heterocycles. The van der Waals surface area contributed by atoms with Gasteiger partial charge in [-0.25, -0.2) is 0 Å². The Morgan fingerprint density at radius 1 is 1.17 bits per heavy atom. The maximum absolute atomic E-state index is 3.72. The van der Waals surface area contributed by atoms with Crippen molar-refractivity contribution < 1.29 is 0 Å². The summed E-state index contributed by atoms with van der Waals surface area (Å²) in [5.74, 6) is 0. The molecule has 1 aromatic rings. The van der Waals surface area contributed by atoms with Crippen molar-refractivity contribution in [1.29, 1.82) is 0 Å². The zero-order chi connectivity index (χ0) is 13.2. The molecule has 102 valence electrons. The molecule has 2 unspecified atom stereocenters. The highest BCUT2D eigenvalue weighted by molar-refractivity contribution is 7.99. The quantitative estimate of drug-likeness (QED) is 0.697. The first-order chi connectivity index (χ1) is 8.77. The molecule has 0 radical (unpaired) electrons. The summed E-state index contributed by atoms with van der Waals surface area (Å²) in [4.78, 5) is 0. The van der Waals surface area contributed by atoms with Crippen LogP contribution in [0, 0.1) is 0 Å². The van der Waals surface area contributed by atoms with Gasteiger partial charge in [0.15, 0.2) is 0 Å². The van der Waals surface area contributed by atoms with Gasteiger partial charge >= 0.3 is 0 Å². The molecule has 2 atom stereocenters. The standard InChI is InChI=1S/C16H27NS/c1-4-5-11-16(15-9-7-6-8-10-15)17-13-12-14(2)18-3/h6-10,14,16-17H,4-5,11-13H2,1-3H3. The van der Waals surface area contributed by atoms with E-state index in [4.69, 9.17) is 0 Å². The van der Waals surface area contributed by atoms with Gasteiger partial charge in [0.05, 0.1) is 0 Å². The van der Waals surface area contributed by atoms with Crippen LogP contribution in [-0.2, 0) is 0 Å². The van der Waals surface area contributed by atoms with Gasteiger partial charge < -0.3 is 5.32 Å². The largest absolute Gasteiger partial charge is 0.310 e. The third-order valence-corrected chi connectivity index (χ3v) is 4.43. The molecule has 2 heteroatoms. The number of benzene rings is 1. The Labute approximate surface area is 117 Å². The lowest BCUT2D eigenvalue weighted by Crippen LogP contribution is -2.24. The molecule has 0 aromatic heterocycles. The van der Waals surface area contributed by atoms with Gasteiger partial charge in [-0.3, -0.25) is 0 Å². The fraction of sp³-hybridized carbons (Fsp3) is 0.625. The molecule has 0 bridgehead atoms. The third kappa shape index (κ3) is 5.92. The lowest BCUT2D eigenvalue weighted by Gasteiger charge is -2.20. The summed E-state index contributed by atoms with van der Waals surface area (Å²) in [5.41, 5.74) is 1.43. The lowest BCUT2D eigenvalue weighted by atomic mass is 10.0. The van der Waals surface area contributed by atoms with Gasteiger partial charge in [0.2, 0.25) is 0 Å². The molecule has 18 heavy (non-hydrogen) atoms. The molecule has 0 saturated heterocycles. The minimum Gasteiger partial charge on any atom is -0.310 e. The molecule has 0 amide bonds. The molecule has 0 heterocycles. The second kappa shape index (κ2) is 9.46. The molecule has 1 nitrogen and oxygen atoms in total. The van der Waals surface area contributed by atoms with Gasteiger partial charge in [0.25, 0.3) is 0 Å². The van der Waals surface area contributed by atoms with Crippen molar-refractivity contribution in [3.63, 3.8) is 0 Å². The van der Waals surface area contributed by atoms with Crippen LogP contribution in [0.25, 0.3) is 0 Å². The number of hydrogen-bond donors (Lipinski definition) is 1. The minimum absolute atomic E-state index is 0.528. The fourth-order valence-electron chi connectivity index (χ4n) is 2.06. The zero-order valence-corrected chi connectivity index (χ0v) is 12.8. The Bertz CT molecular complexity index is 299. The van der Waals surface area contributed by atoms with Crippen molar-refractivity contribution in [2.45, 2.75) is 50.8 Å². The molecule has 0 fully saturated rings. The first kappa shape index (κ1) is 15.6. The SMILES string of the molecule is CCCCC(NCCC(C)SC)c1ccccc1. The normalized spacial score (nSPS) is 14.4. The van der Waals surface area contributed by atoms with Crippen LogP contribution in [0.5, 0.6) is 0 Å². The minimum atomic E-state index is 0.528. The molecular weight excluding hydrogens is 238 g/mol. The van der Waals surface area contributed by atoms with Crippen molar-refractivity contribution in [2.24, 2.45) is 0 Å². The summed E-state index contributed by atoms with van der Waals surface area (Å²) in [6.07, 6.45) is 7.25. The average molecular weight is 265 g/mol. The summed E-state index contributed by atoms with van der Waals surface area (Å²) < 4.78 is 0. The van der Waals surface area contributed by atoms with E-state index in [-0.39, 0.29) is 0 Å². The Kier molecular flexibility index (Phi) is 8.19. The van der Waals surface area contributed by atoms with E-state index in [0.717, 1.165) is 11.8 Å². The van der Waals surface area contributed by atoms with E-state index < -0.39 is 0 Å². The lowest BCUT2D eigenvalue weighted by molar-refractivity contribution is 0.476. The Hall–Kier alpha value is -0.470. The molecule has 0 saturated carbocycles.